The lowest BCUT2D eigenvalue weighted by Crippen LogP contribution is -2.56. The highest BCUT2D eigenvalue weighted by molar-refractivity contribution is 5.85. The van der Waals surface area contributed by atoms with Gasteiger partial charge in [-0.3, -0.25) is 9.69 Å². The van der Waals surface area contributed by atoms with Crippen molar-refractivity contribution in [1.82, 2.24) is 10.2 Å². The van der Waals surface area contributed by atoms with Crippen molar-refractivity contribution in [3.05, 3.63) is 0 Å². The fourth-order valence-electron chi connectivity index (χ4n) is 3.60. The van der Waals surface area contributed by atoms with E-state index in [2.05, 4.69) is 17.3 Å². The van der Waals surface area contributed by atoms with E-state index in [-0.39, 0.29) is 17.9 Å². The van der Waals surface area contributed by atoms with E-state index in [0.29, 0.717) is 12.6 Å². The lowest BCUT2D eigenvalue weighted by atomic mass is 9.98. The second kappa shape index (κ2) is 6.44. The van der Waals surface area contributed by atoms with Gasteiger partial charge in [0.15, 0.2) is 0 Å². The van der Waals surface area contributed by atoms with Crippen LogP contribution in [-0.2, 0) is 4.79 Å². The van der Waals surface area contributed by atoms with E-state index in [1.54, 1.807) is 0 Å². The van der Waals surface area contributed by atoms with Gasteiger partial charge >= 0.3 is 0 Å². The van der Waals surface area contributed by atoms with Crippen molar-refractivity contribution >= 4 is 5.91 Å². The van der Waals surface area contributed by atoms with Gasteiger partial charge in [-0.2, -0.15) is 0 Å². The van der Waals surface area contributed by atoms with Gasteiger partial charge in [-0.05, 0) is 46.6 Å². The van der Waals surface area contributed by atoms with E-state index >= 15 is 0 Å². The molecule has 0 unspecified atom stereocenters. The minimum atomic E-state index is -0.474. The average molecular weight is 282 g/mol. The summed E-state index contributed by atoms with van der Waals surface area (Å²) in [5.41, 5.74) is -0.474. The molecule has 2 atom stereocenters. The Morgan fingerprint density at radius 2 is 1.85 bits per heavy atom. The maximum absolute atomic E-state index is 12.5. The summed E-state index contributed by atoms with van der Waals surface area (Å²) in [4.78, 5) is 14.7. The second-order valence-electron chi connectivity index (χ2n) is 7.08. The molecule has 0 saturated heterocycles. The summed E-state index contributed by atoms with van der Waals surface area (Å²) in [5.74, 6) is 0.331. The Labute approximate surface area is 122 Å². The average Bonchev–Trinajstić information content (AvgIpc) is 3.06. The molecule has 0 radical (unpaired) electrons. The number of carbonyl (C=O) groups is 1. The number of rotatable bonds is 5. The molecular weight excluding hydrogens is 252 g/mol. The Hall–Kier alpha value is -0.610. The van der Waals surface area contributed by atoms with Crippen LogP contribution in [0.4, 0.5) is 0 Å². The predicted octanol–water partition coefficient (Wildman–Crippen LogP) is 1.92. The fourth-order valence-corrected chi connectivity index (χ4v) is 3.60. The number of hydrogen-bond acceptors (Lipinski definition) is 3. The van der Waals surface area contributed by atoms with Gasteiger partial charge in [0.05, 0.1) is 11.6 Å². The van der Waals surface area contributed by atoms with E-state index in [1.165, 1.54) is 25.7 Å². The molecule has 0 heterocycles. The molecular formula is C16H30N2O2. The Morgan fingerprint density at radius 3 is 2.40 bits per heavy atom. The number of aliphatic hydroxyl groups excluding tert-OH is 1. The van der Waals surface area contributed by atoms with Crippen LogP contribution in [-0.4, -0.2) is 47.2 Å². The van der Waals surface area contributed by atoms with Gasteiger partial charge in [0, 0.05) is 18.5 Å². The molecule has 0 aliphatic heterocycles. The SMILES string of the molecule is CN(C1CCCC1)C(C)(C)C(=O)NC[C@@H]1CCC[C@@H]1O. The van der Waals surface area contributed by atoms with Crippen molar-refractivity contribution < 1.29 is 9.90 Å². The van der Waals surface area contributed by atoms with Gasteiger partial charge in [0.1, 0.15) is 0 Å². The van der Waals surface area contributed by atoms with Gasteiger partial charge in [0.25, 0.3) is 0 Å². The summed E-state index contributed by atoms with van der Waals surface area (Å²) in [6, 6.07) is 0.535. The molecule has 0 aromatic carbocycles. The third-order valence-corrected chi connectivity index (χ3v) is 5.45. The van der Waals surface area contributed by atoms with Crippen molar-refractivity contribution in [1.29, 1.82) is 0 Å². The molecule has 2 aliphatic carbocycles. The fraction of sp³-hybridized carbons (Fsp3) is 0.938. The molecule has 4 nitrogen and oxygen atoms in total. The molecule has 0 spiro atoms. The third kappa shape index (κ3) is 3.34. The largest absolute Gasteiger partial charge is 0.393 e. The monoisotopic (exact) mass is 282 g/mol. The second-order valence-corrected chi connectivity index (χ2v) is 7.08. The number of likely N-dealkylation sites (N-methyl/N-ethyl adjacent to an activating group) is 1. The molecule has 4 heteroatoms. The number of aliphatic hydroxyl groups is 1. The molecule has 2 aliphatic rings. The van der Waals surface area contributed by atoms with E-state index < -0.39 is 5.54 Å². The molecule has 2 rings (SSSR count). The third-order valence-electron chi connectivity index (χ3n) is 5.45. The summed E-state index contributed by atoms with van der Waals surface area (Å²) in [6.45, 7) is 4.62. The van der Waals surface area contributed by atoms with Crippen LogP contribution in [0.15, 0.2) is 0 Å². The van der Waals surface area contributed by atoms with Gasteiger partial charge in [-0.15, -0.1) is 0 Å². The lowest BCUT2D eigenvalue weighted by Gasteiger charge is -2.38. The molecule has 0 aromatic heterocycles. The topological polar surface area (TPSA) is 52.6 Å². The Bertz CT molecular complexity index is 337. The van der Waals surface area contributed by atoms with Crippen LogP contribution in [0, 0.1) is 5.92 Å². The van der Waals surface area contributed by atoms with Crippen LogP contribution in [0.2, 0.25) is 0 Å². The maximum Gasteiger partial charge on any atom is 0.239 e. The standard InChI is InChI=1S/C16H30N2O2/c1-16(2,18(3)13-8-4-5-9-13)15(20)17-11-12-7-6-10-14(12)19/h12-14,19H,4-11H2,1-3H3,(H,17,20)/t12-,14-/m0/s1. The number of hydrogen-bond donors (Lipinski definition) is 2. The summed E-state index contributed by atoms with van der Waals surface area (Å²) < 4.78 is 0. The molecule has 0 bridgehead atoms. The predicted molar refractivity (Wildman–Crippen MR) is 80.5 cm³/mol. The first-order valence-electron chi connectivity index (χ1n) is 8.12. The summed E-state index contributed by atoms with van der Waals surface area (Å²) >= 11 is 0. The molecule has 116 valence electrons. The van der Waals surface area contributed by atoms with Gasteiger partial charge in [-0.25, -0.2) is 0 Å². The minimum Gasteiger partial charge on any atom is -0.393 e. The number of carbonyl (C=O) groups excluding carboxylic acids is 1. The van der Waals surface area contributed by atoms with E-state index in [0.717, 1.165) is 19.3 Å². The summed E-state index contributed by atoms with van der Waals surface area (Å²) in [6.07, 6.45) is 7.72. The molecule has 2 N–H and O–H groups in total. The van der Waals surface area contributed by atoms with Crippen LogP contribution < -0.4 is 5.32 Å². The van der Waals surface area contributed by atoms with Gasteiger partial charge in [-0.1, -0.05) is 19.3 Å². The summed E-state index contributed by atoms with van der Waals surface area (Å²) in [5, 5.41) is 12.9. The van der Waals surface area contributed by atoms with Crippen molar-refractivity contribution in [3.63, 3.8) is 0 Å². The van der Waals surface area contributed by atoms with Crippen LogP contribution in [0.3, 0.4) is 0 Å². The van der Waals surface area contributed by atoms with Crippen LogP contribution in [0.1, 0.15) is 58.8 Å². The van der Waals surface area contributed by atoms with Crippen molar-refractivity contribution in [2.24, 2.45) is 5.92 Å². The summed E-state index contributed by atoms with van der Waals surface area (Å²) in [7, 11) is 2.07. The zero-order valence-electron chi connectivity index (χ0n) is 13.2. The zero-order chi connectivity index (χ0) is 14.8. The first-order valence-corrected chi connectivity index (χ1v) is 8.12. The zero-order valence-corrected chi connectivity index (χ0v) is 13.2. The smallest absolute Gasteiger partial charge is 0.239 e. The molecule has 2 fully saturated rings. The molecule has 1 amide bonds. The van der Waals surface area contributed by atoms with Crippen molar-refractivity contribution in [2.45, 2.75) is 76.5 Å². The number of nitrogens with one attached hydrogen (secondary N) is 1. The van der Waals surface area contributed by atoms with Gasteiger partial charge < -0.3 is 10.4 Å². The number of nitrogens with zero attached hydrogens (tertiary/aromatic N) is 1. The highest BCUT2D eigenvalue weighted by atomic mass is 16.3. The van der Waals surface area contributed by atoms with E-state index in [4.69, 9.17) is 0 Å². The molecule has 2 saturated carbocycles. The van der Waals surface area contributed by atoms with Crippen LogP contribution in [0.5, 0.6) is 0 Å². The normalized spacial score (nSPS) is 28.2. The first-order chi connectivity index (χ1) is 9.43. The highest BCUT2D eigenvalue weighted by Gasteiger charge is 2.37. The molecule has 0 aromatic rings. The number of amides is 1. The highest BCUT2D eigenvalue weighted by Crippen LogP contribution is 2.28. The van der Waals surface area contributed by atoms with Crippen LogP contribution in [0.25, 0.3) is 0 Å². The lowest BCUT2D eigenvalue weighted by molar-refractivity contribution is -0.132. The quantitative estimate of drug-likeness (QED) is 0.810. The minimum absolute atomic E-state index is 0.0889. The Morgan fingerprint density at radius 1 is 1.20 bits per heavy atom. The van der Waals surface area contributed by atoms with Crippen molar-refractivity contribution in [2.75, 3.05) is 13.6 Å². The Balaban J connectivity index is 1.85. The van der Waals surface area contributed by atoms with Gasteiger partial charge in [0.2, 0.25) is 5.91 Å². The molecule has 20 heavy (non-hydrogen) atoms. The van der Waals surface area contributed by atoms with E-state index in [9.17, 15) is 9.90 Å². The van der Waals surface area contributed by atoms with Crippen molar-refractivity contribution in [3.8, 4) is 0 Å². The van der Waals surface area contributed by atoms with E-state index in [1.807, 2.05) is 13.8 Å². The Kier molecular flexibility index (Phi) is 5.08. The maximum atomic E-state index is 12.5. The van der Waals surface area contributed by atoms with Crippen LogP contribution >= 0.6 is 0 Å². The first kappa shape index (κ1) is 15.8.